The Morgan fingerprint density at radius 3 is 2.62 bits per heavy atom. The molecule has 1 aliphatic heterocycles. The third-order valence-corrected chi connectivity index (χ3v) is 5.99. The van der Waals surface area contributed by atoms with E-state index in [-0.39, 0.29) is 18.0 Å². The summed E-state index contributed by atoms with van der Waals surface area (Å²) >= 11 is 0. The molecule has 9 heteroatoms. The first-order chi connectivity index (χ1) is 11.4. The lowest BCUT2D eigenvalue weighted by atomic mass is 10.3. The monoisotopic (exact) mass is 352 g/mol. The number of fused-ring (bicyclic) bond motifs is 1. The van der Waals surface area contributed by atoms with Crippen molar-refractivity contribution < 1.29 is 17.9 Å². The van der Waals surface area contributed by atoms with Crippen molar-refractivity contribution in [1.82, 2.24) is 18.8 Å². The molecule has 0 spiro atoms. The van der Waals surface area contributed by atoms with Gasteiger partial charge in [0.15, 0.2) is 0 Å². The van der Waals surface area contributed by atoms with Crippen molar-refractivity contribution >= 4 is 27.1 Å². The van der Waals surface area contributed by atoms with Crippen molar-refractivity contribution in [3.63, 3.8) is 0 Å². The molecule has 2 heterocycles. The summed E-state index contributed by atoms with van der Waals surface area (Å²) in [6.45, 7) is 3.20. The Labute approximate surface area is 140 Å². The summed E-state index contributed by atoms with van der Waals surface area (Å²) in [5.41, 5.74) is 1.52. The molecule has 1 amide bonds. The molecule has 0 aliphatic carbocycles. The van der Waals surface area contributed by atoms with Crippen LogP contribution in [0.4, 0.5) is 4.79 Å². The number of rotatable bonds is 3. The zero-order valence-corrected chi connectivity index (χ0v) is 14.5. The SMILES string of the molecule is CCOC(=O)N1CCN(S(=O)(=O)c2ccc3c(c2)ncn3C)CC1. The number of sulfonamides is 1. The van der Waals surface area contributed by atoms with Crippen molar-refractivity contribution in [2.24, 2.45) is 7.05 Å². The molecule has 0 saturated carbocycles. The fourth-order valence-electron chi connectivity index (χ4n) is 2.75. The van der Waals surface area contributed by atoms with Gasteiger partial charge in [-0.25, -0.2) is 18.2 Å². The summed E-state index contributed by atoms with van der Waals surface area (Å²) in [6.07, 6.45) is 1.25. The molecule has 1 saturated heterocycles. The Morgan fingerprint density at radius 2 is 1.96 bits per heavy atom. The van der Waals surface area contributed by atoms with Crippen LogP contribution in [0.2, 0.25) is 0 Å². The molecule has 1 aliphatic rings. The average molecular weight is 352 g/mol. The molecule has 0 N–H and O–H groups in total. The molecule has 130 valence electrons. The summed E-state index contributed by atoms with van der Waals surface area (Å²) in [5.74, 6) is 0. The van der Waals surface area contributed by atoms with Gasteiger partial charge in [-0.3, -0.25) is 0 Å². The number of benzene rings is 1. The Hall–Kier alpha value is -2.13. The minimum atomic E-state index is -3.60. The minimum absolute atomic E-state index is 0.221. The van der Waals surface area contributed by atoms with Crippen LogP contribution in [0.15, 0.2) is 29.4 Å². The maximum Gasteiger partial charge on any atom is 0.409 e. The van der Waals surface area contributed by atoms with Gasteiger partial charge in [-0.15, -0.1) is 0 Å². The average Bonchev–Trinajstić information content (AvgIpc) is 2.96. The molecule has 0 radical (unpaired) electrons. The normalized spacial score (nSPS) is 16.5. The first-order valence-electron chi connectivity index (χ1n) is 7.76. The van der Waals surface area contributed by atoms with Gasteiger partial charge in [0.25, 0.3) is 0 Å². The number of hydrogen-bond donors (Lipinski definition) is 0. The zero-order chi connectivity index (χ0) is 17.3. The zero-order valence-electron chi connectivity index (χ0n) is 13.7. The maximum absolute atomic E-state index is 12.8. The van der Waals surface area contributed by atoms with E-state index in [9.17, 15) is 13.2 Å². The second-order valence-corrected chi connectivity index (χ2v) is 7.53. The molecule has 0 unspecified atom stereocenters. The largest absolute Gasteiger partial charge is 0.450 e. The summed E-state index contributed by atoms with van der Waals surface area (Å²) in [7, 11) is -1.74. The first kappa shape index (κ1) is 16.7. The van der Waals surface area contributed by atoms with Crippen LogP contribution >= 0.6 is 0 Å². The van der Waals surface area contributed by atoms with Crippen LogP contribution in [0.5, 0.6) is 0 Å². The van der Waals surface area contributed by atoms with E-state index in [0.717, 1.165) is 5.52 Å². The highest BCUT2D eigenvalue weighted by Gasteiger charge is 2.30. The Balaban J connectivity index is 1.77. The number of imidazole rings is 1. The highest BCUT2D eigenvalue weighted by atomic mass is 32.2. The summed E-state index contributed by atoms with van der Waals surface area (Å²) in [5, 5.41) is 0. The number of amides is 1. The highest BCUT2D eigenvalue weighted by molar-refractivity contribution is 7.89. The second kappa shape index (κ2) is 6.40. The van der Waals surface area contributed by atoms with E-state index < -0.39 is 16.1 Å². The first-order valence-corrected chi connectivity index (χ1v) is 9.20. The fraction of sp³-hybridized carbons (Fsp3) is 0.467. The van der Waals surface area contributed by atoms with Gasteiger partial charge in [0.05, 0.1) is 28.9 Å². The van der Waals surface area contributed by atoms with Crippen molar-refractivity contribution in [2.75, 3.05) is 32.8 Å². The highest BCUT2D eigenvalue weighted by Crippen LogP contribution is 2.22. The van der Waals surface area contributed by atoms with Crippen LogP contribution < -0.4 is 0 Å². The Kier molecular flexibility index (Phi) is 4.46. The minimum Gasteiger partial charge on any atom is -0.450 e. The van der Waals surface area contributed by atoms with E-state index in [2.05, 4.69) is 4.98 Å². The lowest BCUT2D eigenvalue weighted by molar-refractivity contribution is 0.0934. The predicted molar refractivity (Wildman–Crippen MR) is 88.1 cm³/mol. The van der Waals surface area contributed by atoms with Crippen molar-refractivity contribution in [1.29, 1.82) is 0 Å². The van der Waals surface area contributed by atoms with Crippen LogP contribution in [-0.2, 0) is 21.8 Å². The number of ether oxygens (including phenoxy) is 1. The van der Waals surface area contributed by atoms with E-state index in [4.69, 9.17) is 4.74 Å². The van der Waals surface area contributed by atoms with E-state index >= 15 is 0 Å². The van der Waals surface area contributed by atoms with Crippen LogP contribution in [0, 0.1) is 0 Å². The number of aromatic nitrogens is 2. The Morgan fingerprint density at radius 1 is 1.25 bits per heavy atom. The Bertz CT molecular complexity index is 853. The quantitative estimate of drug-likeness (QED) is 0.824. The molecule has 1 fully saturated rings. The predicted octanol–water partition coefficient (Wildman–Crippen LogP) is 1.04. The number of nitrogens with zero attached hydrogens (tertiary/aromatic N) is 4. The standard InChI is InChI=1S/C15H20N4O4S/c1-3-23-15(20)18-6-8-19(9-7-18)24(21,22)12-4-5-14-13(10-12)16-11-17(14)2/h4-5,10-11H,3,6-9H2,1-2H3. The molecule has 1 aromatic carbocycles. The van der Waals surface area contributed by atoms with Gasteiger partial charge in [0, 0.05) is 33.2 Å². The van der Waals surface area contributed by atoms with Crippen molar-refractivity contribution in [2.45, 2.75) is 11.8 Å². The van der Waals surface area contributed by atoms with Crippen molar-refractivity contribution in [3.8, 4) is 0 Å². The van der Waals surface area contributed by atoms with Crippen LogP contribution in [0.25, 0.3) is 11.0 Å². The third kappa shape index (κ3) is 2.96. The number of aryl methyl sites for hydroxylation is 1. The number of piperazine rings is 1. The summed E-state index contributed by atoms with van der Waals surface area (Å²) < 4.78 is 33.8. The smallest absolute Gasteiger partial charge is 0.409 e. The molecule has 2 aromatic rings. The second-order valence-electron chi connectivity index (χ2n) is 5.60. The molecular weight excluding hydrogens is 332 g/mol. The number of carbonyl (C=O) groups excluding carboxylic acids is 1. The van der Waals surface area contributed by atoms with E-state index in [1.165, 1.54) is 9.21 Å². The molecule has 3 rings (SSSR count). The van der Waals surface area contributed by atoms with Crippen LogP contribution in [0.1, 0.15) is 6.92 Å². The van der Waals surface area contributed by atoms with Gasteiger partial charge in [-0.1, -0.05) is 0 Å². The molecule has 1 aromatic heterocycles. The van der Waals surface area contributed by atoms with Crippen molar-refractivity contribution in [3.05, 3.63) is 24.5 Å². The lowest BCUT2D eigenvalue weighted by Crippen LogP contribution is -2.50. The summed E-state index contributed by atoms with van der Waals surface area (Å²) in [6, 6.07) is 4.93. The van der Waals surface area contributed by atoms with E-state index in [1.807, 2.05) is 11.6 Å². The van der Waals surface area contributed by atoms with Crippen LogP contribution in [0.3, 0.4) is 0 Å². The molecule has 8 nitrogen and oxygen atoms in total. The van der Waals surface area contributed by atoms with Gasteiger partial charge >= 0.3 is 6.09 Å². The molecule has 0 bridgehead atoms. The molecule has 0 atom stereocenters. The lowest BCUT2D eigenvalue weighted by Gasteiger charge is -2.33. The topological polar surface area (TPSA) is 84.7 Å². The van der Waals surface area contributed by atoms with Gasteiger partial charge in [-0.2, -0.15) is 4.31 Å². The van der Waals surface area contributed by atoms with Gasteiger partial charge < -0.3 is 14.2 Å². The van der Waals surface area contributed by atoms with Crippen LogP contribution in [-0.4, -0.2) is 66.1 Å². The van der Waals surface area contributed by atoms with E-state index in [0.29, 0.717) is 25.2 Å². The molecule has 24 heavy (non-hydrogen) atoms. The van der Waals surface area contributed by atoms with Gasteiger partial charge in [0.1, 0.15) is 0 Å². The fourth-order valence-corrected chi connectivity index (χ4v) is 4.19. The van der Waals surface area contributed by atoms with Gasteiger partial charge in [-0.05, 0) is 25.1 Å². The number of carbonyl (C=O) groups is 1. The summed E-state index contributed by atoms with van der Waals surface area (Å²) in [4.78, 5) is 17.6. The van der Waals surface area contributed by atoms with Gasteiger partial charge in [0.2, 0.25) is 10.0 Å². The molecular formula is C15H20N4O4S. The number of hydrogen-bond acceptors (Lipinski definition) is 5. The van der Waals surface area contributed by atoms with E-state index in [1.54, 1.807) is 31.5 Å². The third-order valence-electron chi connectivity index (χ3n) is 4.10. The maximum atomic E-state index is 12.8.